The molecule has 0 aliphatic rings. The van der Waals surface area contributed by atoms with E-state index >= 15 is 0 Å². The van der Waals surface area contributed by atoms with Gasteiger partial charge in [0.05, 0.1) is 22.5 Å². The van der Waals surface area contributed by atoms with Gasteiger partial charge in [0.1, 0.15) is 0 Å². The van der Waals surface area contributed by atoms with Gasteiger partial charge in [0, 0.05) is 0 Å². The summed E-state index contributed by atoms with van der Waals surface area (Å²) in [4.78, 5) is 22.5. The molecule has 2 aromatic carbocycles. The van der Waals surface area contributed by atoms with E-state index in [1.807, 2.05) is 0 Å². The standard InChI is InChI=1S/C14H12N2O4/c15-16(9-5-2-1-3-6-9)11-8-4-7-10(13(17)18)12(11)14(19)20/h1-8H,15H2,(H,17,18)(H,19,20). The Morgan fingerprint density at radius 3 is 2.10 bits per heavy atom. The number of carbonyl (C=O) groups is 2. The van der Waals surface area contributed by atoms with Crippen molar-refractivity contribution < 1.29 is 19.8 Å². The van der Waals surface area contributed by atoms with E-state index in [-0.39, 0.29) is 16.8 Å². The zero-order valence-electron chi connectivity index (χ0n) is 10.4. The van der Waals surface area contributed by atoms with Gasteiger partial charge in [-0.15, -0.1) is 0 Å². The van der Waals surface area contributed by atoms with Crippen molar-refractivity contribution in [3.05, 3.63) is 59.7 Å². The molecule has 6 heteroatoms. The number of hydrogen-bond acceptors (Lipinski definition) is 4. The monoisotopic (exact) mass is 272 g/mol. The third-order valence-electron chi connectivity index (χ3n) is 2.78. The number of hydrogen-bond donors (Lipinski definition) is 3. The highest BCUT2D eigenvalue weighted by Crippen LogP contribution is 2.27. The molecule has 2 aromatic rings. The van der Waals surface area contributed by atoms with E-state index in [2.05, 4.69) is 0 Å². The van der Waals surface area contributed by atoms with Crippen molar-refractivity contribution in [2.24, 2.45) is 5.84 Å². The first kappa shape index (κ1) is 13.6. The van der Waals surface area contributed by atoms with Crippen LogP contribution in [0.2, 0.25) is 0 Å². The molecule has 2 rings (SSSR count). The molecule has 0 heterocycles. The van der Waals surface area contributed by atoms with Crippen LogP contribution in [-0.4, -0.2) is 22.2 Å². The van der Waals surface area contributed by atoms with Gasteiger partial charge < -0.3 is 10.2 Å². The largest absolute Gasteiger partial charge is 0.478 e. The van der Waals surface area contributed by atoms with E-state index in [1.54, 1.807) is 30.3 Å². The van der Waals surface area contributed by atoms with Crippen molar-refractivity contribution in [1.29, 1.82) is 0 Å². The average Bonchev–Trinajstić information content (AvgIpc) is 2.46. The Balaban J connectivity index is 2.60. The van der Waals surface area contributed by atoms with Crippen LogP contribution in [0.5, 0.6) is 0 Å². The summed E-state index contributed by atoms with van der Waals surface area (Å²) in [6.45, 7) is 0. The van der Waals surface area contributed by atoms with E-state index in [0.29, 0.717) is 5.69 Å². The molecule has 0 bridgehead atoms. The minimum absolute atomic E-state index is 0.114. The Labute approximate surface area is 114 Å². The Kier molecular flexibility index (Phi) is 3.67. The Hall–Kier alpha value is -2.86. The maximum absolute atomic E-state index is 11.3. The number of hydrazine groups is 1. The quantitative estimate of drug-likeness (QED) is 0.581. The summed E-state index contributed by atoms with van der Waals surface area (Å²) in [5.41, 5.74) is 0.0221. The van der Waals surface area contributed by atoms with Crippen LogP contribution in [0, 0.1) is 0 Å². The lowest BCUT2D eigenvalue weighted by molar-refractivity contribution is 0.0652. The highest BCUT2D eigenvalue weighted by molar-refractivity contribution is 6.06. The maximum atomic E-state index is 11.3. The van der Waals surface area contributed by atoms with Gasteiger partial charge in [0.15, 0.2) is 0 Å². The first-order valence-electron chi connectivity index (χ1n) is 5.72. The summed E-state index contributed by atoms with van der Waals surface area (Å²) in [6.07, 6.45) is 0. The van der Waals surface area contributed by atoms with Crippen LogP contribution in [0.15, 0.2) is 48.5 Å². The molecule has 0 atom stereocenters. The van der Waals surface area contributed by atoms with Crippen LogP contribution in [0.1, 0.15) is 20.7 Å². The number of nitrogens with two attached hydrogens (primary N) is 1. The molecule has 0 unspecified atom stereocenters. The summed E-state index contributed by atoms with van der Waals surface area (Å²) in [7, 11) is 0. The summed E-state index contributed by atoms with van der Waals surface area (Å²) >= 11 is 0. The molecule has 0 saturated heterocycles. The lowest BCUT2D eigenvalue weighted by Crippen LogP contribution is -2.27. The number of para-hydroxylation sites is 1. The lowest BCUT2D eigenvalue weighted by Gasteiger charge is -2.21. The Morgan fingerprint density at radius 2 is 1.55 bits per heavy atom. The number of anilines is 2. The van der Waals surface area contributed by atoms with Crippen molar-refractivity contribution in [2.45, 2.75) is 0 Å². The van der Waals surface area contributed by atoms with E-state index in [1.165, 1.54) is 18.2 Å². The highest BCUT2D eigenvalue weighted by Gasteiger charge is 2.22. The fraction of sp³-hybridized carbons (Fsp3) is 0. The number of aromatic carboxylic acids is 2. The fourth-order valence-electron chi connectivity index (χ4n) is 1.87. The second kappa shape index (κ2) is 5.41. The van der Waals surface area contributed by atoms with E-state index in [4.69, 9.17) is 10.9 Å². The maximum Gasteiger partial charge on any atom is 0.338 e. The van der Waals surface area contributed by atoms with E-state index in [9.17, 15) is 14.7 Å². The van der Waals surface area contributed by atoms with Gasteiger partial charge in [-0.3, -0.25) is 5.01 Å². The Morgan fingerprint density at radius 1 is 0.900 bits per heavy atom. The van der Waals surface area contributed by atoms with Crippen molar-refractivity contribution in [1.82, 2.24) is 0 Å². The van der Waals surface area contributed by atoms with Crippen molar-refractivity contribution in [2.75, 3.05) is 5.01 Å². The molecule has 0 radical (unpaired) electrons. The van der Waals surface area contributed by atoms with E-state index in [0.717, 1.165) is 5.01 Å². The van der Waals surface area contributed by atoms with Gasteiger partial charge >= 0.3 is 11.9 Å². The zero-order chi connectivity index (χ0) is 14.7. The summed E-state index contributed by atoms with van der Waals surface area (Å²) in [5.74, 6) is 3.24. The molecule has 0 saturated carbocycles. The van der Waals surface area contributed by atoms with Crippen LogP contribution >= 0.6 is 0 Å². The second-order valence-corrected chi connectivity index (χ2v) is 4.02. The van der Waals surface area contributed by atoms with Crippen LogP contribution in [0.3, 0.4) is 0 Å². The first-order chi connectivity index (χ1) is 9.52. The number of rotatable bonds is 4. The van der Waals surface area contributed by atoms with Crippen LogP contribution < -0.4 is 10.9 Å². The van der Waals surface area contributed by atoms with Crippen LogP contribution in [0.25, 0.3) is 0 Å². The molecular weight excluding hydrogens is 260 g/mol. The molecule has 0 amide bonds. The SMILES string of the molecule is NN(c1ccccc1)c1cccc(C(=O)O)c1C(=O)O. The van der Waals surface area contributed by atoms with Gasteiger partial charge in [-0.2, -0.15) is 0 Å². The number of nitrogens with zero attached hydrogens (tertiary/aromatic N) is 1. The van der Waals surface area contributed by atoms with Crippen molar-refractivity contribution in [3.63, 3.8) is 0 Å². The molecule has 102 valence electrons. The van der Waals surface area contributed by atoms with E-state index < -0.39 is 11.9 Å². The molecule has 4 N–H and O–H groups in total. The molecule has 20 heavy (non-hydrogen) atoms. The summed E-state index contributed by atoms with van der Waals surface area (Å²) in [6, 6.07) is 12.8. The third kappa shape index (κ3) is 2.45. The minimum Gasteiger partial charge on any atom is -0.478 e. The predicted molar refractivity (Wildman–Crippen MR) is 73.1 cm³/mol. The highest BCUT2D eigenvalue weighted by atomic mass is 16.4. The first-order valence-corrected chi connectivity index (χ1v) is 5.72. The molecule has 0 fully saturated rings. The number of carboxylic acids is 2. The minimum atomic E-state index is -1.34. The normalized spacial score (nSPS) is 10.1. The summed E-state index contributed by atoms with van der Waals surface area (Å²) < 4.78 is 0. The topological polar surface area (TPSA) is 104 Å². The van der Waals surface area contributed by atoms with Gasteiger partial charge in [-0.05, 0) is 24.3 Å². The molecular formula is C14H12N2O4. The average molecular weight is 272 g/mol. The molecule has 0 aromatic heterocycles. The lowest BCUT2D eigenvalue weighted by atomic mass is 10.0. The zero-order valence-corrected chi connectivity index (χ0v) is 10.4. The van der Waals surface area contributed by atoms with Gasteiger partial charge in [0.25, 0.3) is 0 Å². The van der Waals surface area contributed by atoms with Gasteiger partial charge in [-0.1, -0.05) is 24.3 Å². The van der Waals surface area contributed by atoms with Gasteiger partial charge in [0.2, 0.25) is 0 Å². The van der Waals surface area contributed by atoms with Crippen LogP contribution in [-0.2, 0) is 0 Å². The van der Waals surface area contributed by atoms with Crippen LogP contribution in [0.4, 0.5) is 11.4 Å². The molecule has 6 nitrogen and oxygen atoms in total. The molecule has 0 spiro atoms. The fourth-order valence-corrected chi connectivity index (χ4v) is 1.87. The molecule has 0 aliphatic carbocycles. The smallest absolute Gasteiger partial charge is 0.338 e. The number of carboxylic acid groups (broad SMARTS) is 2. The third-order valence-corrected chi connectivity index (χ3v) is 2.78. The predicted octanol–water partition coefficient (Wildman–Crippen LogP) is 2.09. The second-order valence-electron chi connectivity index (χ2n) is 4.02. The van der Waals surface area contributed by atoms with Gasteiger partial charge in [-0.25, -0.2) is 15.4 Å². The van der Waals surface area contributed by atoms with Crippen molar-refractivity contribution >= 4 is 23.3 Å². The number of benzene rings is 2. The summed E-state index contributed by atoms with van der Waals surface area (Å²) in [5, 5.41) is 19.5. The molecule has 0 aliphatic heterocycles. The Bertz CT molecular complexity index is 655. The van der Waals surface area contributed by atoms with Crippen molar-refractivity contribution in [3.8, 4) is 0 Å².